The lowest BCUT2D eigenvalue weighted by molar-refractivity contribution is -0.00805. The van der Waals surface area contributed by atoms with Crippen molar-refractivity contribution in [3.05, 3.63) is 70.4 Å². The number of para-hydroxylation sites is 2. The summed E-state index contributed by atoms with van der Waals surface area (Å²) in [6.45, 7) is 1.44. The van der Waals surface area contributed by atoms with Crippen molar-refractivity contribution in [2.45, 2.75) is 25.6 Å². The van der Waals surface area contributed by atoms with Crippen molar-refractivity contribution in [1.29, 1.82) is 0 Å². The number of rotatable bonds is 4. The maximum Gasteiger partial charge on any atom is 0.280 e. The molecule has 4 rings (SSSR count). The highest BCUT2D eigenvalue weighted by Crippen LogP contribution is 2.16. The average molecular weight is 364 g/mol. The van der Waals surface area contributed by atoms with Crippen LogP contribution in [0.25, 0.3) is 11.0 Å². The molecule has 1 fully saturated rings. The molecule has 1 atom stereocenters. The third-order valence-electron chi connectivity index (χ3n) is 4.66. The van der Waals surface area contributed by atoms with Gasteiger partial charge in [-0.05, 0) is 37.1 Å². The van der Waals surface area contributed by atoms with Gasteiger partial charge in [0, 0.05) is 19.3 Å². The van der Waals surface area contributed by atoms with E-state index in [1.165, 1.54) is 0 Å². The first-order valence-electron chi connectivity index (χ1n) is 9.00. The summed E-state index contributed by atoms with van der Waals surface area (Å²) < 4.78 is 5.92. The monoisotopic (exact) mass is 364 g/mol. The predicted octanol–water partition coefficient (Wildman–Crippen LogP) is 2.14. The highest BCUT2D eigenvalue weighted by Gasteiger charge is 2.27. The molecule has 0 aliphatic carbocycles. The van der Waals surface area contributed by atoms with Crippen LogP contribution in [0.15, 0.2) is 53.5 Å². The number of likely N-dealkylation sites (tertiary alicyclic amines) is 1. The topological polar surface area (TPSA) is 88.2 Å². The lowest BCUT2D eigenvalue weighted by Crippen LogP contribution is -2.45. The number of nitrogens with zero attached hydrogens (tertiary/aromatic N) is 3. The third-order valence-corrected chi connectivity index (χ3v) is 4.66. The molecule has 138 valence electrons. The normalized spacial score (nSPS) is 17.2. The van der Waals surface area contributed by atoms with Crippen LogP contribution in [0, 0.1) is 0 Å². The number of carbonyl (C=O) groups excluding carboxylic acids is 1. The second-order valence-corrected chi connectivity index (χ2v) is 6.58. The highest BCUT2D eigenvalue weighted by atomic mass is 16.5. The molecule has 1 aliphatic heterocycles. The van der Waals surface area contributed by atoms with E-state index in [0.29, 0.717) is 30.7 Å². The van der Waals surface area contributed by atoms with Crippen LogP contribution in [0.5, 0.6) is 0 Å². The first kappa shape index (κ1) is 17.4. The molecule has 0 spiro atoms. The Bertz CT molecular complexity index is 1000. The summed E-state index contributed by atoms with van der Waals surface area (Å²) >= 11 is 0. The van der Waals surface area contributed by atoms with Gasteiger partial charge in [0.15, 0.2) is 5.69 Å². The maximum atomic E-state index is 12.9. The SMILES string of the molecule is O=C(c1nc2ccccc2[nH]c1=O)N1CCC[C@@H](OCc2ccccn2)C1. The summed E-state index contributed by atoms with van der Waals surface area (Å²) in [4.78, 5) is 38.1. The number of amides is 1. The zero-order valence-corrected chi connectivity index (χ0v) is 14.8. The van der Waals surface area contributed by atoms with Gasteiger partial charge in [0.25, 0.3) is 11.5 Å². The van der Waals surface area contributed by atoms with Gasteiger partial charge in [-0.15, -0.1) is 0 Å². The number of H-pyrrole nitrogens is 1. The standard InChI is InChI=1S/C20H20N4O3/c25-19-18(22-16-8-1-2-9-17(16)23-19)20(26)24-11-5-7-15(12-24)27-13-14-6-3-4-10-21-14/h1-4,6,8-10,15H,5,7,11-13H2,(H,23,25)/t15-/m1/s1. The van der Waals surface area contributed by atoms with Crippen molar-refractivity contribution in [3.8, 4) is 0 Å². The van der Waals surface area contributed by atoms with Crippen LogP contribution < -0.4 is 5.56 Å². The Morgan fingerprint density at radius 2 is 2.07 bits per heavy atom. The van der Waals surface area contributed by atoms with Crippen LogP contribution >= 0.6 is 0 Å². The fourth-order valence-electron chi connectivity index (χ4n) is 3.27. The maximum absolute atomic E-state index is 12.9. The van der Waals surface area contributed by atoms with E-state index in [-0.39, 0.29) is 17.7 Å². The van der Waals surface area contributed by atoms with E-state index in [4.69, 9.17) is 4.74 Å². The Morgan fingerprint density at radius 1 is 1.22 bits per heavy atom. The molecule has 0 radical (unpaired) electrons. The van der Waals surface area contributed by atoms with Gasteiger partial charge in [-0.3, -0.25) is 14.6 Å². The molecule has 1 aliphatic rings. The summed E-state index contributed by atoms with van der Waals surface area (Å²) in [7, 11) is 0. The fourth-order valence-corrected chi connectivity index (χ4v) is 3.27. The molecule has 27 heavy (non-hydrogen) atoms. The summed E-state index contributed by atoms with van der Waals surface area (Å²) in [5.41, 5.74) is 1.54. The lowest BCUT2D eigenvalue weighted by atomic mass is 10.1. The Hall–Kier alpha value is -3.06. The van der Waals surface area contributed by atoms with Crippen molar-refractivity contribution >= 4 is 16.9 Å². The summed E-state index contributed by atoms with van der Waals surface area (Å²) in [6, 6.07) is 12.9. The zero-order chi connectivity index (χ0) is 18.6. The van der Waals surface area contributed by atoms with Gasteiger partial charge >= 0.3 is 0 Å². The van der Waals surface area contributed by atoms with Gasteiger partial charge in [0.05, 0.1) is 29.4 Å². The Kier molecular flexibility index (Phi) is 4.93. The Morgan fingerprint density at radius 3 is 2.93 bits per heavy atom. The smallest absolute Gasteiger partial charge is 0.280 e. The number of benzene rings is 1. The van der Waals surface area contributed by atoms with Crippen molar-refractivity contribution in [2.75, 3.05) is 13.1 Å². The number of fused-ring (bicyclic) bond motifs is 1. The molecule has 1 N–H and O–H groups in total. The third kappa shape index (κ3) is 3.88. The van der Waals surface area contributed by atoms with Crippen LogP contribution in [0.3, 0.4) is 0 Å². The molecule has 0 saturated carbocycles. The molecule has 2 aromatic heterocycles. The van der Waals surface area contributed by atoms with Gasteiger partial charge in [-0.25, -0.2) is 4.98 Å². The number of carbonyl (C=O) groups is 1. The highest BCUT2D eigenvalue weighted by molar-refractivity contribution is 5.93. The molecule has 7 nitrogen and oxygen atoms in total. The molecule has 1 aromatic carbocycles. The van der Waals surface area contributed by atoms with Crippen molar-refractivity contribution < 1.29 is 9.53 Å². The minimum atomic E-state index is -0.463. The van der Waals surface area contributed by atoms with Crippen LogP contribution in [0.2, 0.25) is 0 Å². The number of pyridine rings is 1. The lowest BCUT2D eigenvalue weighted by Gasteiger charge is -2.32. The second-order valence-electron chi connectivity index (χ2n) is 6.58. The second kappa shape index (κ2) is 7.67. The molecule has 0 unspecified atom stereocenters. The number of aromatic amines is 1. The van der Waals surface area contributed by atoms with Gasteiger partial charge in [0.2, 0.25) is 0 Å². The quantitative estimate of drug-likeness (QED) is 0.766. The number of aromatic nitrogens is 3. The zero-order valence-electron chi connectivity index (χ0n) is 14.8. The van der Waals surface area contributed by atoms with E-state index in [2.05, 4.69) is 15.0 Å². The van der Waals surface area contributed by atoms with Crippen molar-refractivity contribution in [2.24, 2.45) is 0 Å². The van der Waals surface area contributed by atoms with Gasteiger partial charge in [-0.1, -0.05) is 18.2 Å². The Balaban J connectivity index is 1.47. The summed E-state index contributed by atoms with van der Waals surface area (Å²) in [6.07, 6.45) is 3.35. The number of hydrogen-bond donors (Lipinski definition) is 1. The van der Waals surface area contributed by atoms with Gasteiger partial charge < -0.3 is 14.6 Å². The predicted molar refractivity (Wildman–Crippen MR) is 100 cm³/mol. The van der Waals surface area contributed by atoms with Crippen molar-refractivity contribution in [1.82, 2.24) is 19.9 Å². The van der Waals surface area contributed by atoms with E-state index in [0.717, 1.165) is 18.5 Å². The molecule has 7 heteroatoms. The molecule has 1 saturated heterocycles. The molecule has 1 amide bonds. The fraction of sp³-hybridized carbons (Fsp3) is 0.300. The van der Waals surface area contributed by atoms with Crippen LogP contribution in [-0.4, -0.2) is 45.0 Å². The average Bonchev–Trinajstić information content (AvgIpc) is 2.72. The van der Waals surface area contributed by atoms with E-state index in [1.54, 1.807) is 23.2 Å². The molecule has 0 bridgehead atoms. The van der Waals surface area contributed by atoms with E-state index < -0.39 is 5.56 Å². The summed E-state index contributed by atoms with van der Waals surface area (Å²) in [5.74, 6) is -0.354. The van der Waals surface area contributed by atoms with Crippen LogP contribution in [0.4, 0.5) is 0 Å². The molecule has 3 aromatic rings. The molecule has 3 heterocycles. The largest absolute Gasteiger partial charge is 0.370 e. The minimum absolute atomic E-state index is 0.0703. The minimum Gasteiger partial charge on any atom is -0.370 e. The van der Waals surface area contributed by atoms with Crippen LogP contribution in [0.1, 0.15) is 29.0 Å². The van der Waals surface area contributed by atoms with Crippen LogP contribution in [-0.2, 0) is 11.3 Å². The van der Waals surface area contributed by atoms with Gasteiger partial charge in [-0.2, -0.15) is 0 Å². The first-order chi connectivity index (χ1) is 13.2. The Labute approximate surface area is 156 Å². The molecular formula is C20H20N4O3. The van der Waals surface area contributed by atoms with E-state index >= 15 is 0 Å². The first-order valence-corrected chi connectivity index (χ1v) is 9.00. The van der Waals surface area contributed by atoms with Gasteiger partial charge in [0.1, 0.15) is 0 Å². The number of ether oxygens (including phenoxy) is 1. The number of nitrogens with one attached hydrogen (secondary N) is 1. The number of hydrogen-bond acceptors (Lipinski definition) is 5. The van der Waals surface area contributed by atoms with E-state index in [9.17, 15) is 9.59 Å². The van der Waals surface area contributed by atoms with Crippen molar-refractivity contribution in [3.63, 3.8) is 0 Å². The van der Waals surface area contributed by atoms with E-state index in [1.807, 2.05) is 30.3 Å². The summed E-state index contributed by atoms with van der Waals surface area (Å²) in [5, 5.41) is 0. The molecular weight excluding hydrogens is 344 g/mol. The number of piperidine rings is 1.